The minimum atomic E-state index is 0.0469. The van der Waals surface area contributed by atoms with Crippen molar-refractivity contribution in [2.75, 3.05) is 19.8 Å². The average Bonchev–Trinajstić information content (AvgIpc) is 2.29. The molecule has 0 amide bonds. The molecule has 2 atom stereocenters. The lowest BCUT2D eigenvalue weighted by atomic mass is 9.89. The summed E-state index contributed by atoms with van der Waals surface area (Å²) in [5.74, 6) is 0.787. The normalized spacial score (nSPS) is 32.3. The quantitative estimate of drug-likeness (QED) is 0.822. The van der Waals surface area contributed by atoms with Crippen molar-refractivity contribution < 1.29 is 9.47 Å². The number of hydrogen-bond donors (Lipinski definition) is 1. The van der Waals surface area contributed by atoms with E-state index < -0.39 is 0 Å². The van der Waals surface area contributed by atoms with Crippen molar-refractivity contribution >= 4 is 0 Å². The van der Waals surface area contributed by atoms with E-state index in [2.05, 4.69) is 26.1 Å². The molecule has 17 heavy (non-hydrogen) atoms. The number of ether oxygens (including phenoxy) is 2. The predicted molar refractivity (Wildman–Crippen MR) is 69.2 cm³/mol. The van der Waals surface area contributed by atoms with Crippen molar-refractivity contribution in [2.24, 2.45) is 5.92 Å². The van der Waals surface area contributed by atoms with Gasteiger partial charge >= 0.3 is 0 Å². The largest absolute Gasteiger partial charge is 0.381 e. The van der Waals surface area contributed by atoms with Gasteiger partial charge in [0.05, 0.1) is 5.60 Å². The molecule has 2 rings (SSSR count). The monoisotopic (exact) mass is 241 g/mol. The van der Waals surface area contributed by atoms with Gasteiger partial charge in [-0.05, 0) is 52.4 Å². The summed E-state index contributed by atoms with van der Waals surface area (Å²) < 4.78 is 11.2. The minimum absolute atomic E-state index is 0.0469. The van der Waals surface area contributed by atoms with Crippen molar-refractivity contribution in [3.63, 3.8) is 0 Å². The minimum Gasteiger partial charge on any atom is -0.381 e. The Hall–Kier alpha value is -0.120. The molecule has 3 heteroatoms. The van der Waals surface area contributed by atoms with Gasteiger partial charge < -0.3 is 14.8 Å². The Balaban J connectivity index is 1.79. The van der Waals surface area contributed by atoms with Crippen molar-refractivity contribution in [2.45, 2.75) is 64.1 Å². The summed E-state index contributed by atoms with van der Waals surface area (Å²) >= 11 is 0. The maximum Gasteiger partial charge on any atom is 0.0641 e. The van der Waals surface area contributed by atoms with E-state index >= 15 is 0 Å². The van der Waals surface area contributed by atoms with Gasteiger partial charge in [-0.3, -0.25) is 0 Å². The van der Waals surface area contributed by atoms with E-state index in [4.69, 9.17) is 9.47 Å². The molecule has 1 N–H and O–H groups in total. The van der Waals surface area contributed by atoms with Gasteiger partial charge in [0, 0.05) is 31.9 Å². The number of rotatable bonds is 3. The molecule has 0 radical (unpaired) electrons. The lowest BCUT2D eigenvalue weighted by molar-refractivity contribution is -0.0655. The molecule has 0 aromatic carbocycles. The summed E-state index contributed by atoms with van der Waals surface area (Å²) in [5, 5.41) is 3.81. The van der Waals surface area contributed by atoms with E-state index in [0.717, 1.165) is 38.6 Å². The van der Waals surface area contributed by atoms with E-state index in [1.807, 2.05) is 0 Å². The molecule has 100 valence electrons. The smallest absolute Gasteiger partial charge is 0.0641 e. The van der Waals surface area contributed by atoms with Gasteiger partial charge in [0.15, 0.2) is 0 Å². The van der Waals surface area contributed by atoms with Crippen molar-refractivity contribution in [1.82, 2.24) is 5.32 Å². The average molecular weight is 241 g/mol. The fraction of sp³-hybridized carbons (Fsp3) is 1.00. The third-order valence-corrected chi connectivity index (χ3v) is 4.17. The van der Waals surface area contributed by atoms with Gasteiger partial charge in [0.2, 0.25) is 0 Å². The highest BCUT2D eigenvalue weighted by Crippen LogP contribution is 2.26. The molecular formula is C14H27NO2. The fourth-order valence-corrected chi connectivity index (χ4v) is 3.10. The van der Waals surface area contributed by atoms with E-state index in [0.29, 0.717) is 12.1 Å². The third-order valence-electron chi connectivity index (χ3n) is 4.17. The zero-order valence-corrected chi connectivity index (χ0v) is 11.5. The Kier molecular flexibility index (Phi) is 4.45. The lowest BCUT2D eigenvalue weighted by Crippen LogP contribution is -2.49. The highest BCUT2D eigenvalue weighted by Gasteiger charge is 2.30. The number of hydrogen-bond acceptors (Lipinski definition) is 3. The molecule has 0 aliphatic carbocycles. The van der Waals surface area contributed by atoms with Crippen molar-refractivity contribution in [1.29, 1.82) is 0 Å². The molecule has 2 aliphatic heterocycles. The second-order valence-corrected chi connectivity index (χ2v) is 6.20. The van der Waals surface area contributed by atoms with Crippen LogP contribution in [0.15, 0.2) is 0 Å². The Morgan fingerprint density at radius 2 is 1.82 bits per heavy atom. The summed E-state index contributed by atoms with van der Waals surface area (Å²) in [4.78, 5) is 0. The molecule has 2 saturated heterocycles. The topological polar surface area (TPSA) is 30.5 Å². The van der Waals surface area contributed by atoms with E-state index in [1.54, 1.807) is 0 Å². The van der Waals surface area contributed by atoms with Gasteiger partial charge in [-0.1, -0.05) is 0 Å². The first kappa shape index (κ1) is 13.3. The first-order valence-corrected chi connectivity index (χ1v) is 7.04. The Bertz CT molecular complexity index is 236. The van der Waals surface area contributed by atoms with E-state index in [1.165, 1.54) is 12.8 Å². The lowest BCUT2D eigenvalue weighted by Gasteiger charge is -2.39. The third kappa shape index (κ3) is 3.94. The van der Waals surface area contributed by atoms with Gasteiger partial charge in [0.1, 0.15) is 0 Å². The van der Waals surface area contributed by atoms with Crippen LogP contribution in [0.25, 0.3) is 0 Å². The van der Waals surface area contributed by atoms with Crippen LogP contribution >= 0.6 is 0 Å². The zero-order chi connectivity index (χ0) is 12.3. The van der Waals surface area contributed by atoms with Crippen LogP contribution in [-0.4, -0.2) is 37.5 Å². The zero-order valence-electron chi connectivity index (χ0n) is 11.5. The second-order valence-electron chi connectivity index (χ2n) is 6.20. The molecule has 0 saturated carbocycles. The van der Waals surface area contributed by atoms with Gasteiger partial charge in [-0.15, -0.1) is 0 Å². The molecule has 3 nitrogen and oxygen atoms in total. The van der Waals surface area contributed by atoms with Crippen LogP contribution in [0.5, 0.6) is 0 Å². The second kappa shape index (κ2) is 5.68. The standard InChI is InChI=1S/C14H27NO2/c1-11(12-4-7-16-8-5-12)15-13-6-9-17-14(2,3)10-13/h11-13,15H,4-10H2,1-3H3. The fourth-order valence-electron chi connectivity index (χ4n) is 3.10. The molecule has 2 fully saturated rings. The van der Waals surface area contributed by atoms with Crippen LogP contribution in [0.3, 0.4) is 0 Å². The first-order chi connectivity index (χ1) is 8.07. The molecule has 2 unspecified atom stereocenters. The van der Waals surface area contributed by atoms with Crippen LogP contribution in [-0.2, 0) is 9.47 Å². The van der Waals surface area contributed by atoms with Gasteiger partial charge in [0.25, 0.3) is 0 Å². The molecule has 2 aliphatic rings. The molecule has 0 bridgehead atoms. The maximum atomic E-state index is 5.76. The molecule has 0 aromatic rings. The summed E-state index contributed by atoms with van der Waals surface area (Å²) in [6.45, 7) is 9.50. The van der Waals surface area contributed by atoms with Gasteiger partial charge in [-0.25, -0.2) is 0 Å². The Morgan fingerprint density at radius 3 is 2.47 bits per heavy atom. The molecule has 0 aromatic heterocycles. The van der Waals surface area contributed by atoms with Crippen LogP contribution in [0.2, 0.25) is 0 Å². The van der Waals surface area contributed by atoms with E-state index in [9.17, 15) is 0 Å². The summed E-state index contributed by atoms with van der Waals surface area (Å²) in [7, 11) is 0. The highest BCUT2D eigenvalue weighted by atomic mass is 16.5. The van der Waals surface area contributed by atoms with Gasteiger partial charge in [-0.2, -0.15) is 0 Å². The molecule has 0 spiro atoms. The molecular weight excluding hydrogens is 214 g/mol. The maximum absolute atomic E-state index is 5.76. The predicted octanol–water partition coefficient (Wildman–Crippen LogP) is 2.35. The summed E-state index contributed by atoms with van der Waals surface area (Å²) in [6.07, 6.45) is 4.69. The van der Waals surface area contributed by atoms with Crippen LogP contribution < -0.4 is 5.32 Å². The van der Waals surface area contributed by atoms with E-state index in [-0.39, 0.29) is 5.60 Å². The van der Waals surface area contributed by atoms with Crippen LogP contribution in [0.1, 0.15) is 46.5 Å². The summed E-state index contributed by atoms with van der Waals surface area (Å²) in [5.41, 5.74) is 0.0469. The van der Waals surface area contributed by atoms with Crippen molar-refractivity contribution in [3.8, 4) is 0 Å². The first-order valence-electron chi connectivity index (χ1n) is 7.04. The number of nitrogens with one attached hydrogen (secondary N) is 1. The van der Waals surface area contributed by atoms with Crippen LogP contribution in [0, 0.1) is 5.92 Å². The summed E-state index contributed by atoms with van der Waals surface area (Å²) in [6, 6.07) is 1.23. The van der Waals surface area contributed by atoms with Crippen LogP contribution in [0.4, 0.5) is 0 Å². The Labute approximate surface area is 105 Å². The Morgan fingerprint density at radius 1 is 1.12 bits per heavy atom. The SMILES string of the molecule is CC(NC1CCOC(C)(C)C1)C1CCOCC1. The highest BCUT2D eigenvalue weighted by molar-refractivity contribution is 4.86. The molecule has 2 heterocycles. The van der Waals surface area contributed by atoms with Crippen molar-refractivity contribution in [3.05, 3.63) is 0 Å².